The molecule has 1 aromatic carbocycles. The first kappa shape index (κ1) is 12.5. The summed E-state index contributed by atoms with van der Waals surface area (Å²) in [6.07, 6.45) is 3.16. The highest BCUT2D eigenvalue weighted by Gasteiger charge is 2.10. The largest absolute Gasteiger partial charge is 0.478 e. The van der Waals surface area contributed by atoms with Gasteiger partial charge in [-0.15, -0.1) is 11.6 Å². The van der Waals surface area contributed by atoms with Gasteiger partial charge in [0.15, 0.2) is 0 Å². The first-order chi connectivity index (χ1) is 7.63. The standard InChI is InChI=1S/C13H13ClO2/c1-2-11(9-13(15)16)12(14)8-10-6-4-3-5-7-10/h2-7,9,12H,1,8H2,(H,15,16). The maximum Gasteiger partial charge on any atom is 0.328 e. The maximum absolute atomic E-state index is 10.5. The number of carboxylic acid groups (broad SMARTS) is 1. The zero-order valence-corrected chi connectivity index (χ0v) is 9.52. The molecule has 0 radical (unpaired) electrons. The minimum absolute atomic E-state index is 0.365. The first-order valence-electron chi connectivity index (χ1n) is 4.88. The summed E-state index contributed by atoms with van der Waals surface area (Å²) in [5, 5.41) is 8.28. The van der Waals surface area contributed by atoms with Crippen molar-refractivity contribution in [2.75, 3.05) is 0 Å². The molecule has 0 aliphatic rings. The average molecular weight is 237 g/mol. The lowest BCUT2D eigenvalue weighted by molar-refractivity contribution is -0.131. The lowest BCUT2D eigenvalue weighted by Crippen LogP contribution is -2.07. The molecule has 1 rings (SSSR count). The number of benzene rings is 1. The van der Waals surface area contributed by atoms with E-state index in [1.54, 1.807) is 0 Å². The second kappa shape index (κ2) is 6.13. The van der Waals surface area contributed by atoms with Gasteiger partial charge in [0, 0.05) is 6.08 Å². The van der Waals surface area contributed by atoms with Gasteiger partial charge in [0.2, 0.25) is 0 Å². The van der Waals surface area contributed by atoms with Crippen LogP contribution in [0, 0.1) is 0 Å². The quantitative estimate of drug-likeness (QED) is 0.485. The minimum Gasteiger partial charge on any atom is -0.478 e. The highest BCUT2D eigenvalue weighted by atomic mass is 35.5. The van der Waals surface area contributed by atoms with Crippen LogP contribution in [0.3, 0.4) is 0 Å². The molecule has 1 atom stereocenters. The van der Waals surface area contributed by atoms with Crippen molar-refractivity contribution in [3.05, 3.63) is 60.2 Å². The third kappa shape index (κ3) is 3.91. The van der Waals surface area contributed by atoms with E-state index in [2.05, 4.69) is 6.58 Å². The summed E-state index contributed by atoms with van der Waals surface area (Å²) in [5.74, 6) is -1.01. The third-order valence-electron chi connectivity index (χ3n) is 2.15. The van der Waals surface area contributed by atoms with Crippen molar-refractivity contribution in [3.8, 4) is 0 Å². The fourth-order valence-corrected chi connectivity index (χ4v) is 1.69. The van der Waals surface area contributed by atoms with Crippen molar-refractivity contribution in [3.63, 3.8) is 0 Å². The Morgan fingerprint density at radius 3 is 2.56 bits per heavy atom. The van der Waals surface area contributed by atoms with Gasteiger partial charge in [-0.1, -0.05) is 43.0 Å². The third-order valence-corrected chi connectivity index (χ3v) is 2.55. The number of hydrogen-bond donors (Lipinski definition) is 1. The van der Waals surface area contributed by atoms with Gasteiger partial charge in [0.05, 0.1) is 5.38 Å². The molecule has 0 aliphatic carbocycles. The van der Waals surface area contributed by atoms with Gasteiger partial charge in [-0.05, 0) is 17.6 Å². The Balaban J connectivity index is 2.74. The molecule has 0 bridgehead atoms. The van der Waals surface area contributed by atoms with Crippen molar-refractivity contribution in [1.82, 2.24) is 0 Å². The molecule has 84 valence electrons. The van der Waals surface area contributed by atoms with E-state index in [0.717, 1.165) is 11.6 Å². The molecule has 1 unspecified atom stereocenters. The second-order valence-electron chi connectivity index (χ2n) is 3.34. The van der Waals surface area contributed by atoms with Crippen LogP contribution in [0.1, 0.15) is 5.56 Å². The summed E-state index contributed by atoms with van der Waals surface area (Å²) in [7, 11) is 0. The molecule has 0 fully saturated rings. The van der Waals surface area contributed by atoms with Crippen molar-refractivity contribution in [2.45, 2.75) is 11.8 Å². The van der Waals surface area contributed by atoms with E-state index in [9.17, 15) is 4.79 Å². The molecule has 0 aliphatic heterocycles. The van der Waals surface area contributed by atoms with Crippen molar-refractivity contribution in [1.29, 1.82) is 0 Å². The number of halogens is 1. The van der Waals surface area contributed by atoms with Crippen LogP contribution in [0.2, 0.25) is 0 Å². The van der Waals surface area contributed by atoms with E-state index < -0.39 is 5.97 Å². The molecule has 0 heterocycles. The van der Waals surface area contributed by atoms with Crippen LogP contribution in [0.4, 0.5) is 0 Å². The Morgan fingerprint density at radius 1 is 1.44 bits per heavy atom. The van der Waals surface area contributed by atoms with Gasteiger partial charge in [-0.25, -0.2) is 4.79 Å². The average Bonchev–Trinajstić information content (AvgIpc) is 2.26. The van der Waals surface area contributed by atoms with Gasteiger partial charge in [0.1, 0.15) is 0 Å². The molecule has 2 nitrogen and oxygen atoms in total. The van der Waals surface area contributed by atoms with E-state index >= 15 is 0 Å². The summed E-state index contributed by atoms with van der Waals surface area (Å²) in [5.41, 5.74) is 1.60. The molecule has 0 amide bonds. The van der Waals surface area contributed by atoms with Gasteiger partial charge in [-0.2, -0.15) is 0 Å². The molecule has 1 N–H and O–H groups in total. The Kier molecular flexibility index (Phi) is 4.80. The molecular weight excluding hydrogens is 224 g/mol. The molecule has 0 saturated carbocycles. The minimum atomic E-state index is -1.01. The number of rotatable bonds is 5. The van der Waals surface area contributed by atoms with Crippen molar-refractivity contribution < 1.29 is 9.90 Å². The topological polar surface area (TPSA) is 37.3 Å². The molecular formula is C13H13ClO2. The molecule has 1 aromatic rings. The van der Waals surface area contributed by atoms with E-state index in [1.165, 1.54) is 6.08 Å². The predicted octanol–water partition coefficient (Wildman–Crippen LogP) is 3.03. The van der Waals surface area contributed by atoms with Crippen LogP contribution in [-0.2, 0) is 11.2 Å². The highest BCUT2D eigenvalue weighted by Crippen LogP contribution is 2.16. The number of allylic oxidation sites excluding steroid dienone is 2. The summed E-state index contributed by atoms with van der Waals surface area (Å²) in [4.78, 5) is 10.5. The van der Waals surface area contributed by atoms with Crippen LogP contribution in [0.25, 0.3) is 0 Å². The summed E-state index contributed by atoms with van der Waals surface area (Å²) in [6, 6.07) is 9.68. The Bertz CT molecular complexity index is 396. The molecule has 0 saturated heterocycles. The number of carboxylic acids is 1. The maximum atomic E-state index is 10.5. The van der Waals surface area contributed by atoms with E-state index in [4.69, 9.17) is 16.7 Å². The van der Waals surface area contributed by atoms with Crippen LogP contribution in [-0.4, -0.2) is 16.5 Å². The van der Waals surface area contributed by atoms with E-state index in [-0.39, 0.29) is 5.38 Å². The van der Waals surface area contributed by atoms with Gasteiger partial charge in [-0.3, -0.25) is 0 Å². The van der Waals surface area contributed by atoms with E-state index in [1.807, 2.05) is 30.3 Å². The summed E-state index contributed by atoms with van der Waals surface area (Å²) < 4.78 is 0. The van der Waals surface area contributed by atoms with Crippen molar-refractivity contribution in [2.24, 2.45) is 0 Å². The van der Waals surface area contributed by atoms with Gasteiger partial charge >= 0.3 is 5.97 Å². The van der Waals surface area contributed by atoms with Crippen LogP contribution in [0.5, 0.6) is 0 Å². The Labute approximate surface area is 99.9 Å². The molecule has 0 spiro atoms. The van der Waals surface area contributed by atoms with Crippen LogP contribution >= 0.6 is 11.6 Å². The van der Waals surface area contributed by atoms with Crippen molar-refractivity contribution >= 4 is 17.6 Å². The number of carbonyl (C=O) groups is 1. The SMILES string of the molecule is C=CC(=CC(=O)O)C(Cl)Cc1ccccc1. The van der Waals surface area contributed by atoms with Gasteiger partial charge < -0.3 is 5.11 Å². The molecule has 3 heteroatoms. The lowest BCUT2D eigenvalue weighted by Gasteiger charge is -2.09. The van der Waals surface area contributed by atoms with E-state index in [0.29, 0.717) is 12.0 Å². The fraction of sp³-hybridized carbons (Fsp3) is 0.154. The summed E-state index contributed by atoms with van der Waals surface area (Å²) in [6.45, 7) is 3.56. The highest BCUT2D eigenvalue weighted by molar-refractivity contribution is 6.23. The lowest BCUT2D eigenvalue weighted by atomic mass is 10.0. The number of hydrogen-bond acceptors (Lipinski definition) is 1. The number of aliphatic carboxylic acids is 1. The van der Waals surface area contributed by atoms with Gasteiger partial charge in [0.25, 0.3) is 0 Å². The smallest absolute Gasteiger partial charge is 0.328 e. The zero-order chi connectivity index (χ0) is 12.0. The fourth-order valence-electron chi connectivity index (χ4n) is 1.36. The Morgan fingerprint density at radius 2 is 2.06 bits per heavy atom. The molecule has 0 aromatic heterocycles. The normalized spacial score (nSPS) is 13.2. The number of alkyl halides is 1. The second-order valence-corrected chi connectivity index (χ2v) is 3.87. The van der Waals surface area contributed by atoms with Crippen LogP contribution < -0.4 is 0 Å². The summed E-state index contributed by atoms with van der Waals surface area (Å²) >= 11 is 6.12. The molecule has 16 heavy (non-hydrogen) atoms. The van der Waals surface area contributed by atoms with Crippen LogP contribution in [0.15, 0.2) is 54.6 Å². The Hall–Kier alpha value is -1.54. The first-order valence-corrected chi connectivity index (χ1v) is 5.32. The predicted molar refractivity (Wildman–Crippen MR) is 65.7 cm³/mol. The monoisotopic (exact) mass is 236 g/mol. The zero-order valence-electron chi connectivity index (χ0n) is 8.77.